The third kappa shape index (κ3) is 3.41. The summed E-state index contributed by atoms with van der Waals surface area (Å²) >= 11 is 0. The van der Waals surface area contributed by atoms with Gasteiger partial charge in [-0.1, -0.05) is 39.3 Å². The number of aromatic hydroxyl groups is 1. The zero-order chi connectivity index (χ0) is 10.6. The van der Waals surface area contributed by atoms with Gasteiger partial charge in [0.05, 0.1) is 0 Å². The molecular formula is C13H20O. The van der Waals surface area contributed by atoms with Gasteiger partial charge in [-0.3, -0.25) is 0 Å². The van der Waals surface area contributed by atoms with Gasteiger partial charge in [-0.05, 0) is 36.0 Å². The van der Waals surface area contributed by atoms with E-state index in [1.165, 1.54) is 18.4 Å². The van der Waals surface area contributed by atoms with Crippen LogP contribution in [0.2, 0.25) is 0 Å². The fourth-order valence-corrected chi connectivity index (χ4v) is 1.55. The molecule has 1 unspecified atom stereocenters. The first-order valence-electron chi connectivity index (χ1n) is 5.38. The van der Waals surface area contributed by atoms with Gasteiger partial charge in [-0.2, -0.15) is 0 Å². The maximum Gasteiger partial charge on any atom is 0.115 e. The predicted octanol–water partition coefficient (Wildman–Crippen LogP) is 3.93. The summed E-state index contributed by atoms with van der Waals surface area (Å²) in [5, 5.41) is 9.16. The van der Waals surface area contributed by atoms with Gasteiger partial charge in [0.1, 0.15) is 5.75 Å². The standard InChI is InChI=1S/C13H20O/c1-10(2)4-5-11(3)12-6-8-13(14)9-7-12/h6-11,14H,4-5H2,1-3H3. The molecule has 0 saturated carbocycles. The summed E-state index contributed by atoms with van der Waals surface area (Å²) in [5.41, 5.74) is 1.32. The summed E-state index contributed by atoms with van der Waals surface area (Å²) in [6.07, 6.45) is 2.49. The van der Waals surface area contributed by atoms with E-state index in [1.807, 2.05) is 12.1 Å². The molecule has 0 fully saturated rings. The van der Waals surface area contributed by atoms with Gasteiger partial charge in [0, 0.05) is 0 Å². The normalized spacial score (nSPS) is 13.1. The summed E-state index contributed by atoms with van der Waals surface area (Å²) in [6, 6.07) is 7.56. The van der Waals surface area contributed by atoms with Crippen LogP contribution >= 0.6 is 0 Å². The highest BCUT2D eigenvalue weighted by atomic mass is 16.3. The second-order valence-corrected chi connectivity index (χ2v) is 4.46. The van der Waals surface area contributed by atoms with Crippen molar-refractivity contribution in [3.63, 3.8) is 0 Å². The number of phenols is 1. The first-order chi connectivity index (χ1) is 6.59. The highest BCUT2D eigenvalue weighted by molar-refractivity contribution is 5.27. The molecule has 78 valence electrons. The van der Waals surface area contributed by atoms with Gasteiger partial charge in [-0.25, -0.2) is 0 Å². The summed E-state index contributed by atoms with van der Waals surface area (Å²) < 4.78 is 0. The Labute approximate surface area is 86.8 Å². The molecule has 0 radical (unpaired) electrons. The molecule has 0 amide bonds. The molecule has 1 aromatic rings. The fraction of sp³-hybridized carbons (Fsp3) is 0.538. The SMILES string of the molecule is CC(C)CCC(C)c1ccc(O)cc1. The van der Waals surface area contributed by atoms with Crippen LogP contribution in [0.3, 0.4) is 0 Å². The quantitative estimate of drug-likeness (QED) is 0.766. The van der Waals surface area contributed by atoms with Crippen molar-refractivity contribution in [2.45, 2.75) is 39.5 Å². The number of rotatable bonds is 4. The molecule has 0 aliphatic carbocycles. The van der Waals surface area contributed by atoms with Crippen LogP contribution in [0.15, 0.2) is 24.3 Å². The second-order valence-electron chi connectivity index (χ2n) is 4.46. The van der Waals surface area contributed by atoms with Crippen molar-refractivity contribution in [2.75, 3.05) is 0 Å². The van der Waals surface area contributed by atoms with Gasteiger partial charge in [0.2, 0.25) is 0 Å². The van der Waals surface area contributed by atoms with Gasteiger partial charge in [0.25, 0.3) is 0 Å². The van der Waals surface area contributed by atoms with Crippen molar-refractivity contribution in [3.8, 4) is 5.75 Å². The monoisotopic (exact) mass is 192 g/mol. The lowest BCUT2D eigenvalue weighted by Crippen LogP contribution is -1.96. The van der Waals surface area contributed by atoms with Crippen molar-refractivity contribution in [1.29, 1.82) is 0 Å². The zero-order valence-corrected chi connectivity index (χ0v) is 9.33. The lowest BCUT2D eigenvalue weighted by atomic mass is 9.93. The predicted molar refractivity (Wildman–Crippen MR) is 60.6 cm³/mol. The van der Waals surface area contributed by atoms with Crippen LogP contribution in [0.25, 0.3) is 0 Å². The van der Waals surface area contributed by atoms with Crippen molar-refractivity contribution in [2.24, 2.45) is 5.92 Å². The molecule has 0 saturated heterocycles. The summed E-state index contributed by atoms with van der Waals surface area (Å²) in [6.45, 7) is 6.75. The molecule has 14 heavy (non-hydrogen) atoms. The lowest BCUT2D eigenvalue weighted by molar-refractivity contribution is 0.474. The minimum Gasteiger partial charge on any atom is -0.508 e. The molecule has 1 nitrogen and oxygen atoms in total. The Hall–Kier alpha value is -0.980. The van der Waals surface area contributed by atoms with Gasteiger partial charge < -0.3 is 5.11 Å². The van der Waals surface area contributed by atoms with Crippen molar-refractivity contribution in [1.82, 2.24) is 0 Å². The van der Waals surface area contributed by atoms with E-state index in [9.17, 15) is 0 Å². The Morgan fingerprint density at radius 3 is 2.07 bits per heavy atom. The summed E-state index contributed by atoms with van der Waals surface area (Å²) in [5.74, 6) is 1.72. The maximum atomic E-state index is 9.16. The number of phenolic OH excluding ortho intramolecular Hbond substituents is 1. The van der Waals surface area contributed by atoms with Crippen LogP contribution < -0.4 is 0 Å². The number of hydrogen-bond acceptors (Lipinski definition) is 1. The van der Waals surface area contributed by atoms with E-state index >= 15 is 0 Å². The molecule has 1 heteroatoms. The molecular weight excluding hydrogens is 172 g/mol. The third-order valence-corrected chi connectivity index (χ3v) is 2.64. The van der Waals surface area contributed by atoms with E-state index in [4.69, 9.17) is 5.11 Å². The second kappa shape index (κ2) is 5.04. The first-order valence-corrected chi connectivity index (χ1v) is 5.38. The molecule has 0 aliphatic heterocycles. The minimum atomic E-state index is 0.352. The van der Waals surface area contributed by atoms with Gasteiger partial charge in [-0.15, -0.1) is 0 Å². The average Bonchev–Trinajstić information content (AvgIpc) is 2.15. The van der Waals surface area contributed by atoms with E-state index in [2.05, 4.69) is 20.8 Å². The van der Waals surface area contributed by atoms with E-state index in [-0.39, 0.29) is 0 Å². The van der Waals surface area contributed by atoms with Gasteiger partial charge >= 0.3 is 0 Å². The summed E-state index contributed by atoms with van der Waals surface area (Å²) in [7, 11) is 0. The lowest BCUT2D eigenvalue weighted by Gasteiger charge is -2.13. The Morgan fingerprint density at radius 1 is 1.00 bits per heavy atom. The molecule has 0 bridgehead atoms. The first kappa shape index (κ1) is 11.1. The van der Waals surface area contributed by atoms with Crippen molar-refractivity contribution in [3.05, 3.63) is 29.8 Å². The van der Waals surface area contributed by atoms with Crippen LogP contribution in [-0.2, 0) is 0 Å². The van der Waals surface area contributed by atoms with Crippen LogP contribution in [0.4, 0.5) is 0 Å². The highest BCUT2D eigenvalue weighted by Gasteiger charge is 2.06. The average molecular weight is 192 g/mol. The van der Waals surface area contributed by atoms with Crippen LogP contribution in [-0.4, -0.2) is 5.11 Å². The van der Waals surface area contributed by atoms with Crippen LogP contribution in [0.1, 0.15) is 45.1 Å². The zero-order valence-electron chi connectivity index (χ0n) is 9.33. The molecule has 0 spiro atoms. The fourth-order valence-electron chi connectivity index (χ4n) is 1.55. The smallest absolute Gasteiger partial charge is 0.115 e. The Kier molecular flexibility index (Phi) is 3.99. The molecule has 1 aromatic carbocycles. The van der Waals surface area contributed by atoms with E-state index in [0.29, 0.717) is 11.7 Å². The topological polar surface area (TPSA) is 20.2 Å². The Bertz CT molecular complexity index is 261. The van der Waals surface area contributed by atoms with Crippen LogP contribution in [0.5, 0.6) is 5.75 Å². The van der Waals surface area contributed by atoms with E-state index in [0.717, 1.165) is 5.92 Å². The van der Waals surface area contributed by atoms with Crippen molar-refractivity contribution >= 4 is 0 Å². The molecule has 0 aromatic heterocycles. The van der Waals surface area contributed by atoms with Gasteiger partial charge in [0.15, 0.2) is 0 Å². The summed E-state index contributed by atoms with van der Waals surface area (Å²) in [4.78, 5) is 0. The molecule has 0 heterocycles. The number of hydrogen-bond donors (Lipinski definition) is 1. The minimum absolute atomic E-state index is 0.352. The largest absolute Gasteiger partial charge is 0.508 e. The van der Waals surface area contributed by atoms with E-state index in [1.54, 1.807) is 12.1 Å². The van der Waals surface area contributed by atoms with Crippen molar-refractivity contribution < 1.29 is 5.11 Å². The molecule has 1 rings (SSSR count). The molecule has 1 N–H and O–H groups in total. The Balaban J connectivity index is 2.52. The highest BCUT2D eigenvalue weighted by Crippen LogP contribution is 2.24. The Morgan fingerprint density at radius 2 is 1.57 bits per heavy atom. The van der Waals surface area contributed by atoms with Crippen LogP contribution in [0, 0.1) is 5.92 Å². The maximum absolute atomic E-state index is 9.16. The molecule has 1 atom stereocenters. The third-order valence-electron chi connectivity index (χ3n) is 2.64. The molecule has 0 aliphatic rings. The van der Waals surface area contributed by atoms with E-state index < -0.39 is 0 Å². The number of benzene rings is 1.